The molecule has 0 N–H and O–H groups in total. The third kappa shape index (κ3) is 4.28. The predicted molar refractivity (Wildman–Crippen MR) is 116 cm³/mol. The Labute approximate surface area is 182 Å². The fourth-order valence-corrected chi connectivity index (χ4v) is 3.44. The van der Waals surface area contributed by atoms with E-state index in [9.17, 15) is 9.59 Å². The van der Waals surface area contributed by atoms with Gasteiger partial charge in [0.25, 0.3) is 0 Å². The molecule has 0 fully saturated rings. The first-order valence-electron chi connectivity index (χ1n) is 9.20. The first-order chi connectivity index (χ1) is 14.5. The second-order valence-electron chi connectivity index (χ2n) is 6.62. The van der Waals surface area contributed by atoms with Crippen LogP contribution in [-0.2, 0) is 11.2 Å². The average Bonchev–Trinajstić information content (AvgIpc) is 3.05. The van der Waals surface area contributed by atoms with Crippen molar-refractivity contribution in [3.8, 4) is 17.2 Å². The first-order valence-corrected chi connectivity index (χ1v) is 9.99. The van der Waals surface area contributed by atoms with Crippen LogP contribution in [0, 0.1) is 0 Å². The van der Waals surface area contributed by atoms with Gasteiger partial charge in [0.15, 0.2) is 5.76 Å². The van der Waals surface area contributed by atoms with Crippen molar-refractivity contribution in [2.24, 2.45) is 0 Å². The van der Waals surface area contributed by atoms with E-state index in [0.29, 0.717) is 17.1 Å². The number of ketones is 1. The van der Waals surface area contributed by atoms with E-state index in [0.717, 1.165) is 21.3 Å². The number of carbonyl (C=O) groups excluding carboxylic acids is 2. The average molecular weight is 465 g/mol. The zero-order valence-corrected chi connectivity index (χ0v) is 17.6. The van der Waals surface area contributed by atoms with Gasteiger partial charge in [-0.3, -0.25) is 9.59 Å². The number of Topliss-reactive ketones (excluding diaryl/α,β-unsaturated/α-hetero) is 1. The Morgan fingerprint density at radius 1 is 1.03 bits per heavy atom. The lowest BCUT2D eigenvalue weighted by Crippen LogP contribution is -2.11. The summed E-state index contributed by atoms with van der Waals surface area (Å²) >= 11 is 3.46. The molecule has 1 heterocycles. The molecule has 0 amide bonds. The van der Waals surface area contributed by atoms with E-state index in [-0.39, 0.29) is 18.0 Å². The van der Waals surface area contributed by atoms with Crippen molar-refractivity contribution in [1.29, 1.82) is 0 Å². The molecule has 0 spiro atoms. The van der Waals surface area contributed by atoms with Gasteiger partial charge in [-0.05, 0) is 47.5 Å². The van der Waals surface area contributed by atoms with Gasteiger partial charge in [-0.25, -0.2) is 0 Å². The van der Waals surface area contributed by atoms with Gasteiger partial charge in [-0.2, -0.15) is 0 Å². The van der Waals surface area contributed by atoms with Gasteiger partial charge in [0.05, 0.1) is 19.1 Å². The molecule has 0 saturated heterocycles. The molecule has 150 valence electrons. The molecule has 1 aliphatic heterocycles. The van der Waals surface area contributed by atoms with Crippen LogP contribution in [0.4, 0.5) is 0 Å². The maximum atomic E-state index is 12.6. The van der Waals surface area contributed by atoms with E-state index in [1.807, 2.05) is 36.4 Å². The maximum absolute atomic E-state index is 12.6. The summed E-state index contributed by atoms with van der Waals surface area (Å²) in [5, 5.41) is 0. The van der Waals surface area contributed by atoms with Crippen LogP contribution in [0.5, 0.6) is 17.2 Å². The Hall–Kier alpha value is -3.38. The molecular formula is C24H17BrO5. The summed E-state index contributed by atoms with van der Waals surface area (Å²) in [5.74, 6) is 1.01. The predicted octanol–water partition coefficient (Wildman–Crippen LogP) is 5.22. The van der Waals surface area contributed by atoms with Crippen molar-refractivity contribution < 1.29 is 23.8 Å². The molecule has 0 aromatic heterocycles. The number of fused-ring (bicyclic) bond motifs is 1. The van der Waals surface area contributed by atoms with Crippen LogP contribution in [-0.4, -0.2) is 18.9 Å². The number of ether oxygens (including phenoxy) is 3. The first kappa shape index (κ1) is 19.9. The van der Waals surface area contributed by atoms with E-state index in [4.69, 9.17) is 14.2 Å². The Kier molecular flexibility index (Phi) is 5.68. The normalized spacial score (nSPS) is 13.7. The maximum Gasteiger partial charge on any atom is 0.315 e. The summed E-state index contributed by atoms with van der Waals surface area (Å²) in [6, 6.07) is 19.5. The van der Waals surface area contributed by atoms with Crippen LogP contribution >= 0.6 is 15.9 Å². The lowest BCUT2D eigenvalue weighted by Gasteiger charge is -2.06. The SMILES string of the molecule is COc1ccc(CC(=O)Oc2ccc3c(c2)O/C(=C\c2ccccc2Br)C3=O)cc1. The molecule has 3 aromatic carbocycles. The van der Waals surface area contributed by atoms with E-state index in [1.165, 1.54) is 0 Å². The number of esters is 1. The minimum absolute atomic E-state index is 0.119. The number of hydrogen-bond donors (Lipinski definition) is 0. The van der Waals surface area contributed by atoms with Crippen molar-refractivity contribution in [2.45, 2.75) is 6.42 Å². The molecular weight excluding hydrogens is 448 g/mol. The summed E-state index contributed by atoms with van der Waals surface area (Å²) < 4.78 is 17.1. The van der Waals surface area contributed by atoms with Crippen molar-refractivity contribution in [3.05, 3.63) is 93.7 Å². The van der Waals surface area contributed by atoms with Crippen molar-refractivity contribution in [2.75, 3.05) is 7.11 Å². The molecule has 1 aliphatic rings. The summed E-state index contributed by atoms with van der Waals surface area (Å²) in [4.78, 5) is 24.9. The van der Waals surface area contributed by atoms with Crippen molar-refractivity contribution in [3.63, 3.8) is 0 Å². The second-order valence-corrected chi connectivity index (χ2v) is 7.47. The number of hydrogen-bond acceptors (Lipinski definition) is 5. The standard InChI is InChI=1S/C24H17BrO5/c1-28-17-8-6-15(7-9-17)12-23(26)29-18-10-11-19-21(14-18)30-22(24(19)27)13-16-4-2-3-5-20(16)25/h2-11,13-14H,12H2,1H3/b22-13-. The molecule has 0 radical (unpaired) electrons. The summed E-state index contributed by atoms with van der Waals surface area (Å²) in [5.41, 5.74) is 2.08. The van der Waals surface area contributed by atoms with E-state index in [2.05, 4.69) is 15.9 Å². The van der Waals surface area contributed by atoms with Gasteiger partial charge in [-0.1, -0.05) is 46.3 Å². The lowest BCUT2D eigenvalue weighted by atomic mass is 10.1. The molecule has 0 bridgehead atoms. The summed E-state index contributed by atoms with van der Waals surface area (Å²) in [6.07, 6.45) is 1.80. The van der Waals surface area contributed by atoms with Crippen LogP contribution in [0.15, 0.2) is 77.0 Å². The van der Waals surface area contributed by atoms with Crippen LogP contribution in [0.2, 0.25) is 0 Å². The minimum atomic E-state index is -0.409. The van der Waals surface area contributed by atoms with Gasteiger partial charge < -0.3 is 14.2 Å². The number of halogens is 1. The number of rotatable bonds is 5. The Morgan fingerprint density at radius 3 is 2.50 bits per heavy atom. The van der Waals surface area contributed by atoms with Crippen LogP contribution in [0.1, 0.15) is 21.5 Å². The molecule has 3 aromatic rings. The van der Waals surface area contributed by atoms with E-state index < -0.39 is 5.97 Å². The minimum Gasteiger partial charge on any atom is -0.497 e. The lowest BCUT2D eigenvalue weighted by molar-refractivity contribution is -0.133. The second kappa shape index (κ2) is 8.55. The molecule has 5 nitrogen and oxygen atoms in total. The summed E-state index contributed by atoms with van der Waals surface area (Å²) in [7, 11) is 1.59. The molecule has 0 atom stereocenters. The number of carbonyl (C=O) groups is 2. The van der Waals surface area contributed by atoms with Gasteiger partial charge in [0.1, 0.15) is 17.2 Å². The number of methoxy groups -OCH3 is 1. The number of allylic oxidation sites excluding steroid dienone is 1. The third-order valence-corrected chi connectivity index (χ3v) is 5.29. The topological polar surface area (TPSA) is 61.8 Å². The van der Waals surface area contributed by atoms with Crippen LogP contribution in [0.25, 0.3) is 6.08 Å². The molecule has 0 saturated carbocycles. The fourth-order valence-electron chi connectivity index (χ4n) is 3.04. The quantitative estimate of drug-likeness (QED) is 0.294. The zero-order valence-electron chi connectivity index (χ0n) is 16.1. The highest BCUT2D eigenvalue weighted by atomic mass is 79.9. The van der Waals surface area contributed by atoms with Crippen LogP contribution in [0.3, 0.4) is 0 Å². The molecule has 0 unspecified atom stereocenters. The number of benzene rings is 3. The third-order valence-electron chi connectivity index (χ3n) is 4.57. The summed E-state index contributed by atoms with van der Waals surface area (Å²) in [6.45, 7) is 0. The van der Waals surface area contributed by atoms with E-state index in [1.54, 1.807) is 43.5 Å². The fraction of sp³-hybridized carbons (Fsp3) is 0.0833. The van der Waals surface area contributed by atoms with Gasteiger partial charge >= 0.3 is 5.97 Å². The van der Waals surface area contributed by atoms with Gasteiger partial charge in [0, 0.05) is 10.5 Å². The molecule has 30 heavy (non-hydrogen) atoms. The van der Waals surface area contributed by atoms with Crippen LogP contribution < -0.4 is 14.2 Å². The Morgan fingerprint density at radius 2 is 1.77 bits per heavy atom. The Bertz CT molecular complexity index is 1150. The van der Waals surface area contributed by atoms with Crippen molar-refractivity contribution >= 4 is 33.8 Å². The highest BCUT2D eigenvalue weighted by molar-refractivity contribution is 9.10. The van der Waals surface area contributed by atoms with Gasteiger partial charge in [-0.15, -0.1) is 0 Å². The molecule has 6 heteroatoms. The highest BCUT2D eigenvalue weighted by Crippen LogP contribution is 2.35. The van der Waals surface area contributed by atoms with Crippen molar-refractivity contribution in [1.82, 2.24) is 0 Å². The highest BCUT2D eigenvalue weighted by Gasteiger charge is 2.28. The molecule has 4 rings (SSSR count). The van der Waals surface area contributed by atoms with Gasteiger partial charge in [0.2, 0.25) is 5.78 Å². The van der Waals surface area contributed by atoms with E-state index >= 15 is 0 Å². The Balaban J connectivity index is 1.47. The smallest absolute Gasteiger partial charge is 0.315 e. The largest absolute Gasteiger partial charge is 0.497 e. The monoisotopic (exact) mass is 464 g/mol. The molecule has 0 aliphatic carbocycles. The zero-order chi connectivity index (χ0) is 21.1.